The third kappa shape index (κ3) is 3.02. The molecule has 3 nitrogen and oxygen atoms in total. The van der Waals surface area contributed by atoms with Crippen LogP contribution in [-0.4, -0.2) is 23.7 Å². The average Bonchev–Trinajstić information content (AvgIpc) is 2.44. The van der Waals surface area contributed by atoms with Crippen molar-refractivity contribution in [2.45, 2.75) is 19.9 Å². The topological polar surface area (TPSA) is 49.3 Å². The third-order valence-corrected chi connectivity index (χ3v) is 4.28. The van der Waals surface area contributed by atoms with Crippen molar-refractivity contribution in [3.8, 4) is 0 Å². The van der Waals surface area contributed by atoms with Gasteiger partial charge in [-0.1, -0.05) is 44.2 Å². The highest BCUT2D eigenvalue weighted by Crippen LogP contribution is 2.27. The molecule has 0 spiro atoms. The van der Waals surface area contributed by atoms with Crippen LogP contribution in [0.15, 0.2) is 40.9 Å². The van der Waals surface area contributed by atoms with Crippen LogP contribution >= 0.6 is 15.9 Å². The minimum Gasteiger partial charge on any atom is -0.394 e. The molecule has 0 aromatic heterocycles. The molecule has 1 atom stereocenters. The fourth-order valence-corrected chi connectivity index (χ4v) is 2.75. The van der Waals surface area contributed by atoms with Gasteiger partial charge in [-0.3, -0.25) is 4.79 Å². The van der Waals surface area contributed by atoms with Gasteiger partial charge in [0, 0.05) is 4.47 Å². The lowest BCUT2D eigenvalue weighted by atomic mass is 10.0. The molecule has 2 aromatic rings. The Morgan fingerprint density at radius 2 is 1.95 bits per heavy atom. The van der Waals surface area contributed by atoms with Gasteiger partial charge >= 0.3 is 0 Å². The van der Waals surface area contributed by atoms with Gasteiger partial charge in [0.15, 0.2) is 0 Å². The van der Waals surface area contributed by atoms with Crippen molar-refractivity contribution in [1.82, 2.24) is 5.32 Å². The number of halogens is 1. The highest BCUT2D eigenvalue weighted by atomic mass is 79.9. The van der Waals surface area contributed by atoms with Gasteiger partial charge in [0.05, 0.1) is 18.2 Å². The summed E-state index contributed by atoms with van der Waals surface area (Å²) in [6.45, 7) is 3.88. The van der Waals surface area contributed by atoms with Crippen LogP contribution < -0.4 is 5.32 Å². The molecule has 20 heavy (non-hydrogen) atoms. The zero-order valence-electron chi connectivity index (χ0n) is 11.6. The number of carbonyl (C=O) groups is 1. The Hall–Kier alpha value is -1.39. The summed E-state index contributed by atoms with van der Waals surface area (Å²) in [4.78, 5) is 12.3. The second kappa shape index (κ2) is 6.37. The van der Waals surface area contributed by atoms with Gasteiger partial charge in [0.25, 0.3) is 5.91 Å². The number of aliphatic hydroxyl groups is 1. The smallest absolute Gasteiger partial charge is 0.252 e. The van der Waals surface area contributed by atoms with E-state index in [0.717, 1.165) is 15.2 Å². The summed E-state index contributed by atoms with van der Waals surface area (Å²) in [7, 11) is 0. The molecule has 0 heterocycles. The molecule has 0 saturated carbocycles. The molecule has 0 radical (unpaired) electrons. The SMILES string of the molecule is CC(C)[C@@H](CO)NC(=O)c1ccc2ccccc2c1Br. The van der Waals surface area contributed by atoms with Crippen molar-refractivity contribution in [2.24, 2.45) is 5.92 Å². The summed E-state index contributed by atoms with van der Waals surface area (Å²) in [5, 5.41) is 14.3. The number of aliphatic hydroxyl groups excluding tert-OH is 1. The largest absolute Gasteiger partial charge is 0.394 e. The van der Waals surface area contributed by atoms with Crippen LogP contribution in [0.2, 0.25) is 0 Å². The average molecular weight is 336 g/mol. The molecule has 4 heteroatoms. The fourth-order valence-electron chi connectivity index (χ4n) is 2.08. The zero-order chi connectivity index (χ0) is 14.7. The lowest BCUT2D eigenvalue weighted by molar-refractivity contribution is 0.0896. The minimum absolute atomic E-state index is 0.0609. The van der Waals surface area contributed by atoms with Crippen molar-refractivity contribution >= 4 is 32.6 Å². The standard InChI is InChI=1S/C16H18BrNO2/c1-10(2)14(9-19)18-16(20)13-8-7-11-5-3-4-6-12(11)15(13)17/h3-8,10,14,19H,9H2,1-2H3,(H,18,20)/t14-/m1/s1. The molecular weight excluding hydrogens is 318 g/mol. The van der Waals surface area contributed by atoms with Crippen LogP contribution in [0.25, 0.3) is 10.8 Å². The molecule has 2 rings (SSSR count). The third-order valence-electron chi connectivity index (χ3n) is 3.43. The first-order chi connectivity index (χ1) is 9.54. The van der Waals surface area contributed by atoms with E-state index in [-0.39, 0.29) is 24.5 Å². The minimum atomic E-state index is -0.235. The molecule has 106 valence electrons. The maximum Gasteiger partial charge on any atom is 0.252 e. The van der Waals surface area contributed by atoms with Crippen molar-refractivity contribution in [3.05, 3.63) is 46.4 Å². The van der Waals surface area contributed by atoms with E-state index in [1.807, 2.05) is 44.2 Å². The van der Waals surface area contributed by atoms with Gasteiger partial charge in [-0.05, 0) is 38.7 Å². The Labute approximate surface area is 127 Å². The Kier molecular flexibility index (Phi) is 4.78. The molecule has 0 aliphatic rings. The van der Waals surface area contributed by atoms with Crippen molar-refractivity contribution in [1.29, 1.82) is 0 Å². The van der Waals surface area contributed by atoms with Crippen molar-refractivity contribution < 1.29 is 9.90 Å². The van der Waals surface area contributed by atoms with E-state index in [1.54, 1.807) is 6.07 Å². The predicted octanol–water partition coefficient (Wildman–Crippen LogP) is 3.35. The first-order valence-electron chi connectivity index (χ1n) is 6.63. The Morgan fingerprint density at radius 1 is 1.25 bits per heavy atom. The van der Waals surface area contributed by atoms with Crippen LogP contribution in [-0.2, 0) is 0 Å². The Balaban J connectivity index is 2.33. The number of fused-ring (bicyclic) bond motifs is 1. The summed E-state index contributed by atoms with van der Waals surface area (Å²) in [6, 6.07) is 11.4. The molecule has 0 bridgehead atoms. The molecule has 0 saturated heterocycles. The van der Waals surface area contributed by atoms with Crippen LogP contribution in [0.4, 0.5) is 0 Å². The number of rotatable bonds is 4. The Morgan fingerprint density at radius 3 is 2.60 bits per heavy atom. The lowest BCUT2D eigenvalue weighted by Gasteiger charge is -2.20. The van der Waals surface area contributed by atoms with E-state index >= 15 is 0 Å². The molecule has 0 unspecified atom stereocenters. The molecule has 2 aromatic carbocycles. The highest BCUT2D eigenvalue weighted by molar-refractivity contribution is 9.10. The van der Waals surface area contributed by atoms with Gasteiger partial charge in [0.2, 0.25) is 0 Å². The first kappa shape index (κ1) is 15.0. The molecular formula is C16H18BrNO2. The number of carbonyl (C=O) groups excluding carboxylic acids is 1. The quantitative estimate of drug-likeness (QED) is 0.900. The van der Waals surface area contributed by atoms with Gasteiger partial charge in [-0.25, -0.2) is 0 Å². The molecule has 1 amide bonds. The van der Waals surface area contributed by atoms with E-state index < -0.39 is 0 Å². The van der Waals surface area contributed by atoms with E-state index in [1.165, 1.54) is 0 Å². The monoisotopic (exact) mass is 335 g/mol. The number of hydrogen-bond donors (Lipinski definition) is 2. The molecule has 0 fully saturated rings. The van der Waals surface area contributed by atoms with Gasteiger partial charge in [-0.2, -0.15) is 0 Å². The van der Waals surface area contributed by atoms with Crippen LogP contribution in [0.5, 0.6) is 0 Å². The van der Waals surface area contributed by atoms with Crippen LogP contribution in [0.3, 0.4) is 0 Å². The van der Waals surface area contributed by atoms with Crippen molar-refractivity contribution in [3.63, 3.8) is 0 Å². The molecule has 0 aliphatic heterocycles. The van der Waals surface area contributed by atoms with E-state index in [4.69, 9.17) is 0 Å². The van der Waals surface area contributed by atoms with E-state index in [0.29, 0.717) is 5.56 Å². The summed E-state index contributed by atoms with van der Waals surface area (Å²) >= 11 is 3.51. The lowest BCUT2D eigenvalue weighted by Crippen LogP contribution is -2.41. The number of nitrogens with one attached hydrogen (secondary N) is 1. The molecule has 2 N–H and O–H groups in total. The second-order valence-corrected chi connectivity index (χ2v) is 5.95. The van der Waals surface area contributed by atoms with Gasteiger partial charge < -0.3 is 10.4 Å². The fraction of sp³-hybridized carbons (Fsp3) is 0.312. The number of benzene rings is 2. The number of hydrogen-bond acceptors (Lipinski definition) is 2. The van der Waals surface area contributed by atoms with E-state index in [9.17, 15) is 9.90 Å². The van der Waals surface area contributed by atoms with Crippen LogP contribution in [0, 0.1) is 5.92 Å². The summed E-state index contributed by atoms with van der Waals surface area (Å²) in [5.74, 6) is 0.0126. The predicted molar refractivity (Wildman–Crippen MR) is 84.8 cm³/mol. The summed E-state index contributed by atoms with van der Waals surface area (Å²) in [5.41, 5.74) is 0.586. The van der Waals surface area contributed by atoms with Gasteiger partial charge in [-0.15, -0.1) is 0 Å². The second-order valence-electron chi connectivity index (χ2n) is 5.15. The normalized spacial score (nSPS) is 12.7. The maximum atomic E-state index is 12.3. The van der Waals surface area contributed by atoms with E-state index in [2.05, 4.69) is 21.2 Å². The highest BCUT2D eigenvalue weighted by Gasteiger charge is 2.18. The van der Waals surface area contributed by atoms with Gasteiger partial charge in [0.1, 0.15) is 0 Å². The maximum absolute atomic E-state index is 12.3. The van der Waals surface area contributed by atoms with Crippen molar-refractivity contribution in [2.75, 3.05) is 6.61 Å². The first-order valence-corrected chi connectivity index (χ1v) is 7.43. The molecule has 0 aliphatic carbocycles. The summed E-state index contributed by atoms with van der Waals surface area (Å²) < 4.78 is 0.786. The zero-order valence-corrected chi connectivity index (χ0v) is 13.1. The number of amides is 1. The van der Waals surface area contributed by atoms with Crippen LogP contribution in [0.1, 0.15) is 24.2 Å². The Bertz CT molecular complexity index is 625. The summed E-state index contributed by atoms with van der Waals surface area (Å²) in [6.07, 6.45) is 0.